The fourth-order valence-corrected chi connectivity index (χ4v) is 2.64. The molecule has 1 saturated heterocycles. The number of hydrogen-bond acceptors (Lipinski definition) is 3. The summed E-state index contributed by atoms with van der Waals surface area (Å²) in [6.07, 6.45) is 3.14. The Bertz CT molecular complexity index is 449. The van der Waals surface area contributed by atoms with Gasteiger partial charge in [0, 0.05) is 30.9 Å². The molecule has 1 heterocycles. The molecule has 0 spiro atoms. The van der Waals surface area contributed by atoms with Crippen molar-refractivity contribution in [3.05, 3.63) is 24.0 Å². The molecule has 6 heteroatoms. The molecule has 2 rings (SSSR count). The van der Waals surface area contributed by atoms with E-state index in [9.17, 15) is 13.2 Å². The smallest absolute Gasteiger partial charge is 0.387 e. The highest BCUT2D eigenvalue weighted by atomic mass is 19.3. The van der Waals surface area contributed by atoms with Gasteiger partial charge in [-0.25, -0.2) is 4.39 Å². The van der Waals surface area contributed by atoms with Crippen LogP contribution >= 0.6 is 0 Å². The lowest BCUT2D eigenvalue weighted by atomic mass is 10.0. The summed E-state index contributed by atoms with van der Waals surface area (Å²) < 4.78 is 41.8. The summed E-state index contributed by atoms with van der Waals surface area (Å²) in [6, 6.07) is 4.30. The van der Waals surface area contributed by atoms with E-state index in [1.54, 1.807) is 6.07 Å². The second-order valence-corrected chi connectivity index (χ2v) is 5.28. The SMILES string of the molecule is CCCN1CCC(Nc2ccc(OC(F)F)c(F)c2)CC1. The number of alkyl halides is 2. The monoisotopic (exact) mass is 302 g/mol. The maximum atomic E-state index is 13.6. The molecular weight excluding hydrogens is 281 g/mol. The lowest BCUT2D eigenvalue weighted by Crippen LogP contribution is -2.39. The van der Waals surface area contributed by atoms with E-state index < -0.39 is 18.2 Å². The van der Waals surface area contributed by atoms with Crippen LogP contribution in [0.1, 0.15) is 26.2 Å². The number of nitrogens with one attached hydrogen (secondary N) is 1. The molecule has 0 bridgehead atoms. The van der Waals surface area contributed by atoms with E-state index in [0.717, 1.165) is 38.9 Å². The zero-order valence-corrected chi connectivity index (χ0v) is 12.1. The zero-order chi connectivity index (χ0) is 15.2. The summed E-state index contributed by atoms with van der Waals surface area (Å²) in [7, 11) is 0. The Morgan fingerprint density at radius 3 is 2.62 bits per heavy atom. The van der Waals surface area contributed by atoms with Crippen molar-refractivity contribution in [1.29, 1.82) is 0 Å². The van der Waals surface area contributed by atoms with Gasteiger partial charge in [0.25, 0.3) is 0 Å². The fraction of sp³-hybridized carbons (Fsp3) is 0.600. The van der Waals surface area contributed by atoms with Crippen LogP contribution in [0.4, 0.5) is 18.9 Å². The van der Waals surface area contributed by atoms with Crippen LogP contribution in [0.15, 0.2) is 18.2 Å². The minimum Gasteiger partial charge on any atom is -0.432 e. The number of hydrogen-bond donors (Lipinski definition) is 1. The second kappa shape index (κ2) is 7.54. The molecule has 0 amide bonds. The number of nitrogens with zero attached hydrogens (tertiary/aromatic N) is 1. The third-order valence-electron chi connectivity index (χ3n) is 3.65. The number of piperidine rings is 1. The number of anilines is 1. The molecule has 1 N–H and O–H groups in total. The van der Waals surface area contributed by atoms with Crippen LogP contribution < -0.4 is 10.1 Å². The standard InChI is InChI=1S/C15H21F3N2O/c1-2-7-20-8-5-11(6-9-20)19-12-3-4-14(13(16)10-12)21-15(17)18/h3-4,10-11,15,19H,2,5-9H2,1H3. The minimum atomic E-state index is -3.01. The number of rotatable bonds is 6. The van der Waals surface area contributed by atoms with Gasteiger partial charge in [-0.05, 0) is 37.9 Å². The average Bonchev–Trinajstić information content (AvgIpc) is 2.44. The summed E-state index contributed by atoms with van der Waals surface area (Å²) in [6.45, 7) is 2.32. The number of benzene rings is 1. The number of likely N-dealkylation sites (tertiary alicyclic amines) is 1. The number of ether oxygens (including phenoxy) is 1. The largest absolute Gasteiger partial charge is 0.432 e. The highest BCUT2D eigenvalue weighted by Gasteiger charge is 2.19. The van der Waals surface area contributed by atoms with Gasteiger partial charge in [0.05, 0.1) is 0 Å². The van der Waals surface area contributed by atoms with Crippen molar-refractivity contribution in [3.63, 3.8) is 0 Å². The van der Waals surface area contributed by atoms with E-state index in [1.165, 1.54) is 12.1 Å². The molecule has 0 aliphatic carbocycles. The zero-order valence-electron chi connectivity index (χ0n) is 12.1. The lowest BCUT2D eigenvalue weighted by molar-refractivity contribution is -0.0521. The van der Waals surface area contributed by atoms with Crippen molar-refractivity contribution in [1.82, 2.24) is 4.90 Å². The Morgan fingerprint density at radius 2 is 2.05 bits per heavy atom. The van der Waals surface area contributed by atoms with Gasteiger partial charge in [-0.2, -0.15) is 8.78 Å². The summed E-state index contributed by atoms with van der Waals surface area (Å²) in [5.41, 5.74) is 0.600. The minimum absolute atomic E-state index is 0.291. The van der Waals surface area contributed by atoms with Gasteiger partial charge in [0.1, 0.15) is 0 Å². The van der Waals surface area contributed by atoms with Gasteiger partial charge in [-0.3, -0.25) is 0 Å². The predicted molar refractivity (Wildman–Crippen MR) is 76.4 cm³/mol. The maximum absolute atomic E-state index is 13.6. The molecule has 1 aromatic carbocycles. The van der Waals surface area contributed by atoms with Crippen LogP contribution in [-0.4, -0.2) is 37.2 Å². The van der Waals surface area contributed by atoms with Crippen LogP contribution in [-0.2, 0) is 0 Å². The van der Waals surface area contributed by atoms with Gasteiger partial charge >= 0.3 is 6.61 Å². The Labute approximate surface area is 123 Å². The maximum Gasteiger partial charge on any atom is 0.387 e. The van der Waals surface area contributed by atoms with Crippen LogP contribution in [0.2, 0.25) is 0 Å². The first-order chi connectivity index (χ1) is 10.1. The van der Waals surface area contributed by atoms with E-state index >= 15 is 0 Å². The summed E-state index contributed by atoms with van der Waals surface area (Å²) >= 11 is 0. The molecule has 1 aliphatic rings. The molecule has 0 atom stereocenters. The molecule has 1 fully saturated rings. The van der Waals surface area contributed by atoms with Crippen LogP contribution in [0.5, 0.6) is 5.75 Å². The Morgan fingerprint density at radius 1 is 1.33 bits per heavy atom. The molecule has 1 aliphatic heterocycles. The molecule has 0 aromatic heterocycles. The Hall–Kier alpha value is -1.43. The molecule has 1 aromatic rings. The van der Waals surface area contributed by atoms with Gasteiger partial charge in [-0.15, -0.1) is 0 Å². The van der Waals surface area contributed by atoms with Gasteiger partial charge < -0.3 is 15.0 Å². The summed E-state index contributed by atoms with van der Waals surface area (Å²) in [4.78, 5) is 2.42. The number of halogens is 3. The van der Waals surface area contributed by atoms with E-state index in [-0.39, 0.29) is 0 Å². The van der Waals surface area contributed by atoms with E-state index in [2.05, 4.69) is 21.9 Å². The molecule has 0 unspecified atom stereocenters. The molecule has 21 heavy (non-hydrogen) atoms. The fourth-order valence-electron chi connectivity index (χ4n) is 2.64. The lowest BCUT2D eigenvalue weighted by Gasteiger charge is -2.32. The average molecular weight is 302 g/mol. The molecule has 0 saturated carbocycles. The van der Waals surface area contributed by atoms with Crippen LogP contribution in [0, 0.1) is 5.82 Å². The third-order valence-corrected chi connectivity index (χ3v) is 3.65. The summed E-state index contributed by atoms with van der Waals surface area (Å²) in [5, 5.41) is 3.26. The molecule has 0 radical (unpaired) electrons. The Kier molecular flexibility index (Phi) is 5.73. The highest BCUT2D eigenvalue weighted by Crippen LogP contribution is 2.24. The predicted octanol–water partition coefficient (Wildman–Crippen LogP) is 3.71. The van der Waals surface area contributed by atoms with Gasteiger partial charge in [-0.1, -0.05) is 6.92 Å². The van der Waals surface area contributed by atoms with Gasteiger partial charge in [0.15, 0.2) is 11.6 Å². The van der Waals surface area contributed by atoms with E-state index in [0.29, 0.717) is 11.7 Å². The van der Waals surface area contributed by atoms with E-state index in [4.69, 9.17) is 0 Å². The Balaban J connectivity index is 1.88. The quantitative estimate of drug-likeness (QED) is 0.867. The highest BCUT2D eigenvalue weighted by molar-refractivity contribution is 5.48. The van der Waals surface area contributed by atoms with Crippen molar-refractivity contribution in [2.45, 2.75) is 38.8 Å². The topological polar surface area (TPSA) is 24.5 Å². The van der Waals surface area contributed by atoms with E-state index in [1.807, 2.05) is 0 Å². The first kappa shape index (κ1) is 15.9. The normalized spacial score (nSPS) is 17.2. The molecule has 118 valence electrons. The van der Waals surface area contributed by atoms with Crippen molar-refractivity contribution < 1.29 is 17.9 Å². The van der Waals surface area contributed by atoms with Crippen molar-refractivity contribution in [2.24, 2.45) is 0 Å². The van der Waals surface area contributed by atoms with Crippen LogP contribution in [0.25, 0.3) is 0 Å². The first-order valence-electron chi connectivity index (χ1n) is 7.31. The van der Waals surface area contributed by atoms with Crippen molar-refractivity contribution in [3.8, 4) is 5.75 Å². The van der Waals surface area contributed by atoms with Crippen molar-refractivity contribution in [2.75, 3.05) is 25.0 Å². The van der Waals surface area contributed by atoms with Crippen LogP contribution in [0.3, 0.4) is 0 Å². The molecular formula is C15H21F3N2O. The second-order valence-electron chi connectivity index (χ2n) is 5.28. The third kappa shape index (κ3) is 4.81. The molecule has 3 nitrogen and oxygen atoms in total. The van der Waals surface area contributed by atoms with Crippen molar-refractivity contribution >= 4 is 5.69 Å². The summed E-state index contributed by atoms with van der Waals surface area (Å²) in [5.74, 6) is -1.20. The van der Waals surface area contributed by atoms with Gasteiger partial charge in [0.2, 0.25) is 0 Å². The first-order valence-corrected chi connectivity index (χ1v) is 7.31.